The Morgan fingerprint density at radius 3 is 3.20 bits per heavy atom. The van der Waals surface area contributed by atoms with Crippen molar-refractivity contribution in [2.75, 3.05) is 19.6 Å². The van der Waals surface area contributed by atoms with Crippen molar-refractivity contribution in [2.24, 2.45) is 0 Å². The quantitative estimate of drug-likeness (QED) is 0.769. The Hall–Kier alpha value is -2.70. The SMILES string of the molecule is CCCNC(=O)N1CCCC(c2[nH]ncc3cnc4nccc4c23)C1. The van der Waals surface area contributed by atoms with Crippen molar-refractivity contribution < 1.29 is 4.79 Å². The highest BCUT2D eigenvalue weighted by molar-refractivity contribution is 6.05. The average Bonchev–Trinajstić information content (AvgIpc) is 3.14. The van der Waals surface area contributed by atoms with Gasteiger partial charge < -0.3 is 10.2 Å². The predicted molar refractivity (Wildman–Crippen MR) is 96.4 cm³/mol. The van der Waals surface area contributed by atoms with Crippen LogP contribution in [0, 0.1) is 0 Å². The lowest BCUT2D eigenvalue weighted by Gasteiger charge is -2.33. The van der Waals surface area contributed by atoms with Crippen molar-refractivity contribution in [1.29, 1.82) is 0 Å². The first-order valence-corrected chi connectivity index (χ1v) is 8.87. The molecule has 1 aliphatic rings. The number of nitrogens with zero attached hydrogens (tertiary/aromatic N) is 4. The van der Waals surface area contributed by atoms with Gasteiger partial charge in [0.05, 0.1) is 6.20 Å². The van der Waals surface area contributed by atoms with Crippen molar-refractivity contribution in [1.82, 2.24) is 30.4 Å². The number of piperidine rings is 1. The lowest BCUT2D eigenvalue weighted by Crippen LogP contribution is -2.45. The molecule has 0 aliphatic carbocycles. The van der Waals surface area contributed by atoms with Gasteiger partial charge in [0, 0.05) is 59.8 Å². The van der Waals surface area contributed by atoms with Crippen LogP contribution >= 0.6 is 0 Å². The molecule has 0 bridgehead atoms. The molecular weight excluding hydrogens is 316 g/mol. The minimum absolute atomic E-state index is 0.0292. The molecule has 1 saturated heterocycles. The van der Waals surface area contributed by atoms with Crippen LogP contribution < -0.4 is 5.32 Å². The highest BCUT2D eigenvalue weighted by atomic mass is 16.2. The molecule has 3 aromatic heterocycles. The molecular formula is C18H22N6O. The smallest absolute Gasteiger partial charge is 0.317 e. The van der Waals surface area contributed by atoms with Crippen LogP contribution in [0.15, 0.2) is 24.7 Å². The van der Waals surface area contributed by atoms with Crippen LogP contribution in [0.3, 0.4) is 0 Å². The number of H-pyrrole nitrogens is 1. The van der Waals surface area contributed by atoms with E-state index in [1.54, 1.807) is 12.4 Å². The average molecular weight is 338 g/mol. The number of hydrogen-bond acceptors (Lipinski definition) is 4. The molecule has 25 heavy (non-hydrogen) atoms. The van der Waals surface area contributed by atoms with E-state index >= 15 is 0 Å². The fraction of sp³-hybridized carbons (Fsp3) is 0.444. The van der Waals surface area contributed by atoms with Crippen molar-refractivity contribution in [2.45, 2.75) is 32.1 Å². The van der Waals surface area contributed by atoms with Gasteiger partial charge in [0.15, 0.2) is 5.65 Å². The number of fused-ring (bicyclic) bond motifs is 3. The number of nitrogens with one attached hydrogen (secondary N) is 2. The second-order valence-corrected chi connectivity index (χ2v) is 6.57. The van der Waals surface area contributed by atoms with E-state index in [1.165, 1.54) is 0 Å². The summed E-state index contributed by atoms with van der Waals surface area (Å²) in [4.78, 5) is 23.0. The third kappa shape index (κ3) is 2.90. The largest absolute Gasteiger partial charge is 0.338 e. The minimum Gasteiger partial charge on any atom is -0.338 e. The van der Waals surface area contributed by atoms with Crippen LogP contribution in [-0.2, 0) is 0 Å². The molecule has 1 atom stereocenters. The van der Waals surface area contributed by atoms with E-state index in [2.05, 4.69) is 32.4 Å². The summed E-state index contributed by atoms with van der Waals surface area (Å²) in [6, 6.07) is 2.03. The molecule has 1 unspecified atom stereocenters. The molecule has 7 nitrogen and oxygen atoms in total. The van der Waals surface area contributed by atoms with E-state index in [1.807, 2.05) is 17.2 Å². The van der Waals surface area contributed by atoms with Crippen LogP contribution in [-0.4, -0.2) is 50.7 Å². The summed E-state index contributed by atoms with van der Waals surface area (Å²) >= 11 is 0. The van der Waals surface area contributed by atoms with Gasteiger partial charge in [0.2, 0.25) is 0 Å². The molecule has 0 radical (unpaired) electrons. The molecule has 3 aromatic rings. The summed E-state index contributed by atoms with van der Waals surface area (Å²) in [5, 5.41) is 13.6. The Morgan fingerprint density at radius 1 is 1.40 bits per heavy atom. The first-order chi connectivity index (χ1) is 12.3. The fourth-order valence-electron chi connectivity index (χ4n) is 3.64. The van der Waals surface area contributed by atoms with Crippen LogP contribution in [0.5, 0.6) is 0 Å². The molecule has 4 heterocycles. The Bertz CT molecular complexity index is 905. The number of pyridine rings is 1. The highest BCUT2D eigenvalue weighted by Crippen LogP contribution is 2.33. The molecule has 7 heteroatoms. The van der Waals surface area contributed by atoms with E-state index < -0.39 is 0 Å². The van der Waals surface area contributed by atoms with E-state index in [0.717, 1.165) is 53.3 Å². The van der Waals surface area contributed by atoms with Gasteiger partial charge in [-0.25, -0.2) is 14.8 Å². The molecule has 0 aromatic carbocycles. The second-order valence-electron chi connectivity index (χ2n) is 6.57. The standard InChI is InChI=1S/C18H22N6O/c1-2-6-20-18(25)24-8-3-4-12(11-24)16-15-13(10-22-23-16)9-21-17-14(15)5-7-19-17/h5,7,9-10,12,23H,2-4,6,8,11H2,1H3,(H,20,25). The minimum atomic E-state index is 0.0292. The maximum atomic E-state index is 12.3. The number of carbonyl (C=O) groups is 1. The Morgan fingerprint density at radius 2 is 2.32 bits per heavy atom. The summed E-state index contributed by atoms with van der Waals surface area (Å²) < 4.78 is 0. The normalized spacial score (nSPS) is 18.0. The summed E-state index contributed by atoms with van der Waals surface area (Å²) in [6.07, 6.45) is 8.37. The number of carbonyl (C=O) groups excluding carboxylic acids is 1. The van der Waals surface area contributed by atoms with E-state index in [-0.39, 0.29) is 11.9 Å². The number of hydrogen-bond donors (Lipinski definition) is 2. The van der Waals surface area contributed by atoms with Crippen molar-refractivity contribution in [3.05, 3.63) is 30.4 Å². The number of amides is 2. The van der Waals surface area contributed by atoms with Crippen LogP contribution in [0.1, 0.15) is 37.8 Å². The lowest BCUT2D eigenvalue weighted by molar-refractivity contribution is 0.179. The number of aromatic nitrogens is 4. The number of aromatic amines is 1. The second kappa shape index (κ2) is 6.66. The first kappa shape index (κ1) is 15.8. The maximum Gasteiger partial charge on any atom is 0.317 e. The molecule has 0 saturated carbocycles. The molecule has 4 rings (SSSR count). The van der Waals surface area contributed by atoms with E-state index in [0.29, 0.717) is 13.1 Å². The topological polar surface area (TPSA) is 86.8 Å². The van der Waals surface area contributed by atoms with Crippen LogP contribution in [0.25, 0.3) is 21.8 Å². The number of likely N-dealkylation sites (tertiary alicyclic amines) is 1. The van der Waals surface area contributed by atoms with Crippen molar-refractivity contribution in [3.8, 4) is 0 Å². The number of rotatable bonds is 3. The third-order valence-electron chi connectivity index (χ3n) is 4.86. The van der Waals surface area contributed by atoms with E-state index in [9.17, 15) is 4.79 Å². The van der Waals surface area contributed by atoms with Gasteiger partial charge >= 0.3 is 6.03 Å². The highest BCUT2D eigenvalue weighted by Gasteiger charge is 2.27. The molecule has 2 N–H and O–H groups in total. The van der Waals surface area contributed by atoms with Gasteiger partial charge in [-0.15, -0.1) is 0 Å². The fourth-order valence-corrected chi connectivity index (χ4v) is 3.64. The zero-order valence-electron chi connectivity index (χ0n) is 14.3. The summed E-state index contributed by atoms with van der Waals surface area (Å²) in [5.41, 5.74) is 1.83. The van der Waals surface area contributed by atoms with Crippen LogP contribution in [0.4, 0.5) is 4.79 Å². The van der Waals surface area contributed by atoms with Gasteiger partial charge in [-0.05, 0) is 25.3 Å². The summed E-state index contributed by atoms with van der Waals surface area (Å²) in [5.74, 6) is 0.234. The van der Waals surface area contributed by atoms with Gasteiger partial charge in [-0.2, -0.15) is 5.10 Å². The predicted octanol–water partition coefficient (Wildman–Crippen LogP) is 2.81. The van der Waals surface area contributed by atoms with Crippen molar-refractivity contribution >= 4 is 27.8 Å². The molecule has 1 fully saturated rings. The first-order valence-electron chi connectivity index (χ1n) is 8.87. The van der Waals surface area contributed by atoms with Gasteiger partial charge in [0.25, 0.3) is 0 Å². The van der Waals surface area contributed by atoms with Gasteiger partial charge in [-0.1, -0.05) is 6.92 Å². The Balaban J connectivity index is 1.69. The van der Waals surface area contributed by atoms with Crippen molar-refractivity contribution in [3.63, 3.8) is 0 Å². The third-order valence-corrected chi connectivity index (χ3v) is 4.86. The summed E-state index contributed by atoms with van der Waals surface area (Å²) in [7, 11) is 0. The number of urea groups is 1. The zero-order chi connectivity index (χ0) is 17.2. The monoisotopic (exact) mass is 338 g/mol. The Labute approximate surface area is 145 Å². The van der Waals surface area contributed by atoms with Gasteiger partial charge in [0.1, 0.15) is 0 Å². The Kier molecular flexibility index (Phi) is 4.21. The summed E-state index contributed by atoms with van der Waals surface area (Å²) in [6.45, 7) is 4.28. The van der Waals surface area contributed by atoms with Crippen LogP contribution in [0.2, 0.25) is 0 Å². The molecule has 2 amide bonds. The maximum absolute atomic E-state index is 12.3. The molecule has 1 aliphatic heterocycles. The van der Waals surface area contributed by atoms with Gasteiger partial charge in [-0.3, -0.25) is 5.10 Å². The molecule has 0 spiro atoms. The molecule has 130 valence electrons. The zero-order valence-corrected chi connectivity index (χ0v) is 14.3. The van der Waals surface area contributed by atoms with E-state index in [4.69, 9.17) is 0 Å². The lowest BCUT2D eigenvalue weighted by atomic mass is 9.91.